The fourth-order valence-electron chi connectivity index (χ4n) is 6.21. The first-order valence-electron chi connectivity index (χ1n) is 10.8. The third-order valence-corrected chi connectivity index (χ3v) is 7.82. The van der Waals surface area contributed by atoms with E-state index in [4.69, 9.17) is 0 Å². The van der Waals surface area contributed by atoms with E-state index in [1.54, 1.807) is 6.08 Å². The molecule has 6 atom stereocenters. The van der Waals surface area contributed by atoms with Gasteiger partial charge in [0.2, 0.25) is 0 Å². The number of rotatable bonds is 5. The van der Waals surface area contributed by atoms with Crippen LogP contribution in [-0.4, -0.2) is 12.1 Å². The van der Waals surface area contributed by atoms with Crippen molar-refractivity contribution in [3.05, 3.63) is 34.9 Å². The normalized spacial score (nSPS) is 38.6. The van der Waals surface area contributed by atoms with E-state index in [1.807, 2.05) is 0 Å². The number of ketones is 1. The summed E-state index contributed by atoms with van der Waals surface area (Å²) in [5, 5.41) is 0. The van der Waals surface area contributed by atoms with E-state index in [2.05, 4.69) is 46.8 Å². The van der Waals surface area contributed by atoms with Crippen molar-refractivity contribution >= 4 is 12.1 Å². The van der Waals surface area contributed by atoms with Gasteiger partial charge in [0.1, 0.15) is 6.29 Å². The zero-order chi connectivity index (χ0) is 19.8. The summed E-state index contributed by atoms with van der Waals surface area (Å²) in [5.74, 6) is 2.21. The average Bonchev–Trinajstić information content (AvgIpc) is 3.04. The molecule has 2 heteroatoms. The van der Waals surface area contributed by atoms with E-state index in [-0.39, 0.29) is 23.0 Å². The first-order valence-corrected chi connectivity index (χ1v) is 10.8. The monoisotopic (exact) mass is 368 g/mol. The van der Waals surface area contributed by atoms with Crippen LogP contribution >= 0.6 is 0 Å². The van der Waals surface area contributed by atoms with Gasteiger partial charge in [0, 0.05) is 0 Å². The molecule has 3 aliphatic carbocycles. The van der Waals surface area contributed by atoms with Gasteiger partial charge in [-0.2, -0.15) is 0 Å². The summed E-state index contributed by atoms with van der Waals surface area (Å²) in [7, 11) is 0. The van der Waals surface area contributed by atoms with E-state index < -0.39 is 0 Å². The lowest BCUT2D eigenvalue weighted by Crippen LogP contribution is -2.34. The number of carbonyl (C=O) groups is 2. The molecule has 3 rings (SSSR count). The van der Waals surface area contributed by atoms with Gasteiger partial charge < -0.3 is 0 Å². The van der Waals surface area contributed by atoms with Gasteiger partial charge in [-0.15, -0.1) is 0 Å². The maximum Gasteiger partial charge on any atom is 0.163 e. The molecule has 0 radical (unpaired) electrons. The quantitative estimate of drug-likeness (QED) is 0.435. The van der Waals surface area contributed by atoms with E-state index in [9.17, 15) is 9.59 Å². The van der Waals surface area contributed by atoms with Crippen molar-refractivity contribution < 1.29 is 9.59 Å². The predicted octanol–water partition coefficient (Wildman–Crippen LogP) is 6.08. The minimum absolute atomic E-state index is 0.141. The molecule has 1 saturated carbocycles. The Morgan fingerprint density at radius 1 is 1.37 bits per heavy atom. The molecule has 0 N–H and O–H groups in total. The molecule has 0 amide bonds. The van der Waals surface area contributed by atoms with Gasteiger partial charge in [-0.25, -0.2) is 0 Å². The number of allylic oxidation sites excluding steroid dienone is 6. The van der Waals surface area contributed by atoms with Gasteiger partial charge in [-0.1, -0.05) is 37.1 Å². The van der Waals surface area contributed by atoms with Crippen LogP contribution in [-0.2, 0) is 9.59 Å². The molecule has 1 fully saturated rings. The maximum atomic E-state index is 12.5. The Balaban J connectivity index is 1.84. The number of hydrogen-bond donors (Lipinski definition) is 0. The molecule has 0 aliphatic heterocycles. The SMILES string of the molecule is CC(C)=CCC[C@H](C)C1CC[C@]2(C)C[C@@H]3C(C)=CC(=O)C3/C(C=O)=C\CC12. The molecule has 3 unspecified atom stereocenters. The van der Waals surface area contributed by atoms with Crippen LogP contribution in [0.5, 0.6) is 0 Å². The van der Waals surface area contributed by atoms with Crippen LogP contribution in [0.1, 0.15) is 73.1 Å². The van der Waals surface area contributed by atoms with E-state index in [0.29, 0.717) is 11.8 Å². The highest BCUT2D eigenvalue weighted by molar-refractivity contribution is 6.01. The van der Waals surface area contributed by atoms with Gasteiger partial charge >= 0.3 is 0 Å². The second-order valence-corrected chi connectivity index (χ2v) is 9.94. The van der Waals surface area contributed by atoms with Crippen LogP contribution in [0.4, 0.5) is 0 Å². The Kier molecular flexibility index (Phi) is 5.93. The van der Waals surface area contributed by atoms with Gasteiger partial charge in [0.25, 0.3) is 0 Å². The van der Waals surface area contributed by atoms with Crippen LogP contribution in [0.25, 0.3) is 0 Å². The van der Waals surface area contributed by atoms with Gasteiger partial charge in [0.15, 0.2) is 5.78 Å². The van der Waals surface area contributed by atoms with Crippen molar-refractivity contribution in [1.29, 1.82) is 0 Å². The van der Waals surface area contributed by atoms with E-state index in [0.717, 1.165) is 30.6 Å². The molecule has 0 saturated heterocycles. The van der Waals surface area contributed by atoms with Crippen molar-refractivity contribution in [2.24, 2.45) is 35.0 Å². The predicted molar refractivity (Wildman–Crippen MR) is 111 cm³/mol. The van der Waals surface area contributed by atoms with Gasteiger partial charge in [-0.05, 0) is 100 Å². The molecule has 0 aromatic rings. The van der Waals surface area contributed by atoms with Crippen LogP contribution in [0.3, 0.4) is 0 Å². The highest BCUT2D eigenvalue weighted by Crippen LogP contribution is 2.58. The highest BCUT2D eigenvalue weighted by atomic mass is 16.1. The van der Waals surface area contributed by atoms with Crippen molar-refractivity contribution in [1.82, 2.24) is 0 Å². The molecule has 3 aliphatic rings. The molecule has 0 aromatic carbocycles. The third-order valence-electron chi connectivity index (χ3n) is 7.82. The average molecular weight is 369 g/mol. The Morgan fingerprint density at radius 2 is 2.11 bits per heavy atom. The molecule has 27 heavy (non-hydrogen) atoms. The number of fused-ring (bicyclic) bond motifs is 2. The van der Waals surface area contributed by atoms with Gasteiger partial charge in [0.05, 0.1) is 5.92 Å². The Labute approximate surface area is 165 Å². The first-order chi connectivity index (χ1) is 12.8. The summed E-state index contributed by atoms with van der Waals surface area (Å²) in [6, 6.07) is 0. The standard InChI is InChI=1S/C25H36O2/c1-16(2)7-6-8-17(3)20-11-12-25(5)14-21-18(4)13-23(27)24(21)19(15-26)9-10-22(20)25/h7,9,13,15,17,20-22,24H,6,8,10-12,14H2,1-5H3/b19-9-/t17-,20?,21+,22?,24?,25+/m0/s1. The second-order valence-electron chi connectivity index (χ2n) is 9.94. The van der Waals surface area contributed by atoms with Crippen LogP contribution in [0.15, 0.2) is 34.9 Å². The third kappa shape index (κ3) is 3.91. The molecular formula is C25H36O2. The van der Waals surface area contributed by atoms with Crippen molar-refractivity contribution in [3.8, 4) is 0 Å². The summed E-state index contributed by atoms with van der Waals surface area (Å²) in [4.78, 5) is 24.3. The summed E-state index contributed by atoms with van der Waals surface area (Å²) in [5.41, 5.74) is 3.60. The van der Waals surface area contributed by atoms with Crippen molar-refractivity contribution in [3.63, 3.8) is 0 Å². The van der Waals surface area contributed by atoms with E-state index >= 15 is 0 Å². The minimum atomic E-state index is -0.214. The van der Waals surface area contributed by atoms with Crippen molar-refractivity contribution in [2.75, 3.05) is 0 Å². The summed E-state index contributed by atoms with van der Waals surface area (Å²) >= 11 is 0. The first kappa shape index (κ1) is 20.3. The summed E-state index contributed by atoms with van der Waals surface area (Å²) in [6.45, 7) is 11.3. The van der Waals surface area contributed by atoms with Crippen LogP contribution in [0, 0.1) is 35.0 Å². The number of carbonyl (C=O) groups excluding carboxylic acids is 2. The lowest BCUT2D eigenvalue weighted by molar-refractivity contribution is -0.119. The van der Waals surface area contributed by atoms with Crippen molar-refractivity contribution in [2.45, 2.75) is 73.1 Å². The minimum Gasteiger partial charge on any atom is -0.298 e. The van der Waals surface area contributed by atoms with Crippen LogP contribution in [0.2, 0.25) is 0 Å². The Bertz CT molecular complexity index is 691. The second kappa shape index (κ2) is 7.89. The molecule has 0 aromatic heterocycles. The Morgan fingerprint density at radius 3 is 2.78 bits per heavy atom. The smallest absolute Gasteiger partial charge is 0.163 e. The maximum absolute atomic E-state index is 12.5. The zero-order valence-corrected chi connectivity index (χ0v) is 17.8. The van der Waals surface area contributed by atoms with Crippen LogP contribution < -0.4 is 0 Å². The topological polar surface area (TPSA) is 34.1 Å². The Hall–Kier alpha value is -1.44. The fraction of sp³-hybridized carbons (Fsp3) is 0.680. The number of aldehydes is 1. The molecule has 0 bridgehead atoms. The largest absolute Gasteiger partial charge is 0.298 e. The summed E-state index contributed by atoms with van der Waals surface area (Å²) < 4.78 is 0. The molecular weight excluding hydrogens is 332 g/mol. The lowest BCUT2D eigenvalue weighted by atomic mass is 9.63. The molecule has 0 spiro atoms. The number of hydrogen-bond acceptors (Lipinski definition) is 2. The highest BCUT2D eigenvalue weighted by Gasteiger charge is 2.50. The fourth-order valence-corrected chi connectivity index (χ4v) is 6.21. The van der Waals surface area contributed by atoms with E-state index in [1.165, 1.54) is 36.8 Å². The lowest BCUT2D eigenvalue weighted by Gasteiger charge is -2.41. The van der Waals surface area contributed by atoms with Gasteiger partial charge in [-0.3, -0.25) is 9.59 Å². The molecule has 2 nitrogen and oxygen atoms in total. The molecule has 0 heterocycles. The summed E-state index contributed by atoms with van der Waals surface area (Å²) in [6.07, 6.45) is 14.2. The zero-order valence-electron chi connectivity index (χ0n) is 17.8. The molecule has 148 valence electrons.